The quantitative estimate of drug-likeness (QED) is 0.619. The summed E-state index contributed by atoms with van der Waals surface area (Å²) in [6, 6.07) is 6.92. The molecule has 0 bridgehead atoms. The van der Waals surface area contributed by atoms with Crippen molar-refractivity contribution in [3.63, 3.8) is 0 Å². The van der Waals surface area contributed by atoms with Crippen molar-refractivity contribution in [2.24, 2.45) is 5.92 Å². The Morgan fingerprint density at radius 2 is 2.20 bits per heavy atom. The zero-order valence-electron chi connectivity index (χ0n) is 14.7. The highest BCUT2D eigenvalue weighted by Crippen LogP contribution is 2.22. The van der Waals surface area contributed by atoms with Gasteiger partial charge in [-0.3, -0.25) is 4.79 Å². The van der Waals surface area contributed by atoms with Gasteiger partial charge in [-0.05, 0) is 30.9 Å². The van der Waals surface area contributed by atoms with Crippen LogP contribution in [0.4, 0.5) is 0 Å². The van der Waals surface area contributed by atoms with Crippen LogP contribution in [-0.4, -0.2) is 49.1 Å². The second-order valence-electron chi connectivity index (χ2n) is 6.68. The van der Waals surface area contributed by atoms with E-state index in [2.05, 4.69) is 24.5 Å². The Balaban J connectivity index is 1.81. The fourth-order valence-corrected chi connectivity index (χ4v) is 3.00. The molecule has 0 aromatic heterocycles. The molecular formula is C18H27ClN2O4. The molecule has 1 saturated heterocycles. The third-order valence-electron chi connectivity index (χ3n) is 4.00. The van der Waals surface area contributed by atoms with Gasteiger partial charge in [0.2, 0.25) is 0 Å². The van der Waals surface area contributed by atoms with Crippen LogP contribution in [0.1, 0.15) is 26.7 Å². The maximum atomic E-state index is 12.2. The summed E-state index contributed by atoms with van der Waals surface area (Å²) < 4.78 is 10.6. The molecule has 1 fully saturated rings. The van der Waals surface area contributed by atoms with Crippen molar-refractivity contribution in [2.75, 3.05) is 19.8 Å². The van der Waals surface area contributed by atoms with E-state index >= 15 is 0 Å². The predicted octanol–water partition coefficient (Wildman–Crippen LogP) is 1.95. The van der Waals surface area contributed by atoms with E-state index in [4.69, 9.17) is 21.1 Å². The molecule has 1 aromatic rings. The smallest absolute Gasteiger partial charge is 0.258 e. The van der Waals surface area contributed by atoms with Crippen molar-refractivity contribution in [1.29, 1.82) is 0 Å². The van der Waals surface area contributed by atoms with Gasteiger partial charge in [0.1, 0.15) is 5.75 Å². The maximum Gasteiger partial charge on any atom is 0.258 e. The lowest BCUT2D eigenvalue weighted by Gasteiger charge is -2.24. The summed E-state index contributed by atoms with van der Waals surface area (Å²) in [5.41, 5.74) is 0. The number of hydrogen-bond donors (Lipinski definition) is 3. The molecule has 1 aliphatic rings. The van der Waals surface area contributed by atoms with Crippen LogP contribution < -0.4 is 15.4 Å². The molecule has 0 aliphatic carbocycles. The van der Waals surface area contributed by atoms with Gasteiger partial charge in [-0.1, -0.05) is 37.6 Å². The molecule has 25 heavy (non-hydrogen) atoms. The van der Waals surface area contributed by atoms with E-state index in [0.717, 1.165) is 12.8 Å². The summed E-state index contributed by atoms with van der Waals surface area (Å²) in [4.78, 5) is 12.2. The molecule has 0 spiro atoms. The number of nitrogens with one attached hydrogen (secondary N) is 2. The molecule has 140 valence electrons. The lowest BCUT2D eigenvalue weighted by molar-refractivity contribution is -0.123. The molecule has 6 nitrogen and oxygen atoms in total. The number of aliphatic hydroxyl groups excluding tert-OH is 1. The first-order valence-corrected chi connectivity index (χ1v) is 9.03. The lowest BCUT2D eigenvalue weighted by Crippen LogP contribution is -2.48. The molecular weight excluding hydrogens is 344 g/mol. The number of ether oxygens (including phenoxy) is 2. The maximum absolute atomic E-state index is 12.2. The average molecular weight is 371 g/mol. The van der Waals surface area contributed by atoms with E-state index in [0.29, 0.717) is 29.8 Å². The summed E-state index contributed by atoms with van der Waals surface area (Å²) in [6.07, 6.45) is 0.812. The number of para-hydroxylation sites is 1. The van der Waals surface area contributed by atoms with Crippen molar-refractivity contribution < 1.29 is 19.4 Å². The molecule has 1 unspecified atom stereocenters. The second kappa shape index (κ2) is 9.97. The van der Waals surface area contributed by atoms with E-state index in [1.165, 1.54) is 0 Å². The molecule has 1 amide bonds. The van der Waals surface area contributed by atoms with Crippen LogP contribution in [0.5, 0.6) is 5.75 Å². The molecule has 0 radical (unpaired) electrons. The first kappa shape index (κ1) is 20.0. The molecule has 1 heterocycles. The van der Waals surface area contributed by atoms with E-state index in [9.17, 15) is 9.90 Å². The number of rotatable bonds is 9. The van der Waals surface area contributed by atoms with E-state index in [1.54, 1.807) is 24.3 Å². The van der Waals surface area contributed by atoms with Gasteiger partial charge in [-0.2, -0.15) is 0 Å². The normalized spacial score (nSPS) is 21.3. The number of benzene rings is 1. The molecule has 0 saturated carbocycles. The highest BCUT2D eigenvalue weighted by Gasteiger charge is 2.26. The highest BCUT2D eigenvalue weighted by atomic mass is 35.5. The third-order valence-corrected chi connectivity index (χ3v) is 4.32. The SMILES string of the molecule is CC(C)C[C@H](CN[C@H]1CCOC1O)NC(=O)COc1ccccc1Cl. The lowest BCUT2D eigenvalue weighted by atomic mass is 10.0. The largest absolute Gasteiger partial charge is 0.482 e. The minimum absolute atomic E-state index is 0.0462. The predicted molar refractivity (Wildman–Crippen MR) is 96.7 cm³/mol. The van der Waals surface area contributed by atoms with Crippen molar-refractivity contribution in [2.45, 2.75) is 45.1 Å². The van der Waals surface area contributed by atoms with Crippen LogP contribution in [0.25, 0.3) is 0 Å². The van der Waals surface area contributed by atoms with Crippen LogP contribution in [-0.2, 0) is 9.53 Å². The van der Waals surface area contributed by atoms with Gasteiger partial charge in [-0.25, -0.2) is 0 Å². The first-order valence-electron chi connectivity index (χ1n) is 8.65. The Hall–Kier alpha value is -1.34. The van der Waals surface area contributed by atoms with Crippen molar-refractivity contribution in [1.82, 2.24) is 10.6 Å². The molecule has 2 rings (SSSR count). The average Bonchev–Trinajstić information content (AvgIpc) is 2.96. The molecule has 3 N–H and O–H groups in total. The second-order valence-corrected chi connectivity index (χ2v) is 7.09. The van der Waals surface area contributed by atoms with E-state index in [1.807, 2.05) is 0 Å². The Bertz CT molecular complexity index is 556. The first-order chi connectivity index (χ1) is 12.0. The van der Waals surface area contributed by atoms with Crippen molar-refractivity contribution in [3.05, 3.63) is 29.3 Å². The number of carbonyl (C=O) groups excluding carboxylic acids is 1. The number of aliphatic hydroxyl groups is 1. The minimum atomic E-state index is -0.779. The zero-order chi connectivity index (χ0) is 18.2. The van der Waals surface area contributed by atoms with E-state index in [-0.39, 0.29) is 24.6 Å². The van der Waals surface area contributed by atoms with Gasteiger partial charge in [-0.15, -0.1) is 0 Å². The molecule has 3 atom stereocenters. The fourth-order valence-electron chi connectivity index (χ4n) is 2.81. The molecule has 1 aliphatic heterocycles. The number of amides is 1. The zero-order valence-corrected chi connectivity index (χ0v) is 15.5. The van der Waals surface area contributed by atoms with Gasteiger partial charge in [0.15, 0.2) is 12.9 Å². The Morgan fingerprint density at radius 1 is 1.44 bits per heavy atom. The van der Waals surface area contributed by atoms with Crippen LogP contribution in [0.2, 0.25) is 5.02 Å². The number of hydrogen-bond acceptors (Lipinski definition) is 5. The van der Waals surface area contributed by atoms with Gasteiger partial charge in [0, 0.05) is 12.6 Å². The van der Waals surface area contributed by atoms with Gasteiger partial charge in [0.05, 0.1) is 17.7 Å². The standard InChI is InChI=1S/C18H27ClN2O4/c1-12(2)9-13(10-20-15-7-8-24-18(15)23)21-17(22)11-25-16-6-4-3-5-14(16)19/h3-6,12-13,15,18,20,23H,7-11H2,1-2H3,(H,21,22)/t13-,15+,18?/m1/s1. The molecule has 7 heteroatoms. The number of carbonyl (C=O) groups is 1. The van der Waals surface area contributed by atoms with Crippen LogP contribution in [0, 0.1) is 5.92 Å². The monoisotopic (exact) mass is 370 g/mol. The Labute approximate surface area is 153 Å². The van der Waals surface area contributed by atoms with Crippen molar-refractivity contribution >= 4 is 17.5 Å². The topological polar surface area (TPSA) is 79.8 Å². The van der Waals surface area contributed by atoms with Gasteiger partial charge in [0.25, 0.3) is 5.91 Å². The Morgan fingerprint density at radius 3 is 2.84 bits per heavy atom. The minimum Gasteiger partial charge on any atom is -0.482 e. The van der Waals surface area contributed by atoms with Crippen LogP contribution in [0.3, 0.4) is 0 Å². The van der Waals surface area contributed by atoms with Gasteiger partial charge >= 0.3 is 0 Å². The highest BCUT2D eigenvalue weighted by molar-refractivity contribution is 6.32. The summed E-state index contributed by atoms with van der Waals surface area (Å²) in [5, 5.41) is 16.4. The summed E-state index contributed by atoms with van der Waals surface area (Å²) in [7, 11) is 0. The van der Waals surface area contributed by atoms with Crippen LogP contribution >= 0.6 is 11.6 Å². The summed E-state index contributed by atoms with van der Waals surface area (Å²) in [5.74, 6) is 0.723. The molecule has 1 aromatic carbocycles. The summed E-state index contributed by atoms with van der Waals surface area (Å²) >= 11 is 6.02. The Kier molecular flexibility index (Phi) is 7.96. The van der Waals surface area contributed by atoms with Crippen molar-refractivity contribution in [3.8, 4) is 5.75 Å². The fraction of sp³-hybridized carbons (Fsp3) is 0.611. The van der Waals surface area contributed by atoms with Crippen LogP contribution in [0.15, 0.2) is 24.3 Å². The number of halogens is 1. The van der Waals surface area contributed by atoms with Gasteiger partial charge < -0.3 is 25.2 Å². The third kappa shape index (κ3) is 6.82. The van der Waals surface area contributed by atoms with E-state index < -0.39 is 6.29 Å². The summed E-state index contributed by atoms with van der Waals surface area (Å²) in [6.45, 7) is 5.24.